The molecule has 0 spiro atoms. The standard InChI is InChI=1S/C20H24N8S4.4BrH/c21-17(22)29-5-9-1-2-10(6-30-18(23)24)14-13(9)15-11(7-31-19(25)26)3-4-12(16(14)15)8-32-20(27)28;;;;/h1-4H,5-8H2,(H3,21,22)(H3,23,24)(H3,25,26)(H3,27,28);4*1H. The predicted molar refractivity (Wildman–Crippen MR) is 185 cm³/mol. The molecule has 0 amide bonds. The van der Waals surface area contributed by atoms with E-state index in [0.29, 0.717) is 23.0 Å². The fourth-order valence-electron chi connectivity index (χ4n) is 3.56. The van der Waals surface area contributed by atoms with Crippen LogP contribution >= 0.6 is 115 Å². The Bertz CT molecular complexity index is 945. The summed E-state index contributed by atoms with van der Waals surface area (Å²) in [6, 6.07) is 8.19. The van der Waals surface area contributed by atoms with Gasteiger partial charge in [0, 0.05) is 23.0 Å². The maximum atomic E-state index is 7.59. The van der Waals surface area contributed by atoms with Crippen LogP contribution in [0.5, 0.6) is 0 Å². The van der Waals surface area contributed by atoms with Crippen LogP contribution in [0.25, 0.3) is 22.3 Å². The van der Waals surface area contributed by atoms with Gasteiger partial charge in [0.25, 0.3) is 0 Å². The van der Waals surface area contributed by atoms with Crippen LogP contribution in [0.4, 0.5) is 0 Å². The number of fused-ring (bicyclic) bond motifs is 4. The number of halogens is 4. The molecule has 12 N–H and O–H groups in total. The molecule has 200 valence electrons. The number of amidine groups is 4. The Balaban J connectivity index is 0. The van der Waals surface area contributed by atoms with Crippen LogP contribution in [-0.4, -0.2) is 20.7 Å². The Morgan fingerprint density at radius 2 is 0.611 bits per heavy atom. The number of benzene rings is 2. The Morgan fingerprint density at radius 1 is 0.444 bits per heavy atom. The fraction of sp³-hybridized carbons (Fsp3) is 0.200. The molecule has 0 saturated carbocycles. The lowest BCUT2D eigenvalue weighted by atomic mass is 9.72. The van der Waals surface area contributed by atoms with Gasteiger partial charge in [0.05, 0.1) is 0 Å². The molecule has 0 atom stereocenters. The van der Waals surface area contributed by atoms with Crippen molar-refractivity contribution in [3.05, 3.63) is 46.5 Å². The van der Waals surface area contributed by atoms with Gasteiger partial charge < -0.3 is 22.9 Å². The van der Waals surface area contributed by atoms with Gasteiger partial charge in [0.2, 0.25) is 0 Å². The molecule has 0 bridgehead atoms. The van der Waals surface area contributed by atoms with Crippen molar-refractivity contribution < 1.29 is 0 Å². The van der Waals surface area contributed by atoms with E-state index in [1.807, 2.05) is 24.3 Å². The van der Waals surface area contributed by atoms with Crippen LogP contribution < -0.4 is 22.9 Å². The molecule has 2 aromatic carbocycles. The summed E-state index contributed by atoms with van der Waals surface area (Å²) in [6.45, 7) is 0. The topological polar surface area (TPSA) is 199 Å². The zero-order valence-electron chi connectivity index (χ0n) is 18.7. The van der Waals surface area contributed by atoms with E-state index in [9.17, 15) is 0 Å². The second kappa shape index (κ2) is 17.3. The summed E-state index contributed by atoms with van der Waals surface area (Å²) in [5.74, 6) is 2.29. The monoisotopic (exact) mass is 824 g/mol. The average molecular weight is 828 g/mol. The van der Waals surface area contributed by atoms with Crippen LogP contribution in [0.15, 0.2) is 24.3 Å². The summed E-state index contributed by atoms with van der Waals surface area (Å²) in [4.78, 5) is 0. The van der Waals surface area contributed by atoms with Gasteiger partial charge in [-0.1, -0.05) is 71.3 Å². The van der Waals surface area contributed by atoms with Crippen LogP contribution in [0, 0.1) is 21.6 Å². The molecule has 16 heteroatoms. The van der Waals surface area contributed by atoms with Gasteiger partial charge in [-0.2, -0.15) is 0 Å². The van der Waals surface area contributed by atoms with Gasteiger partial charge in [-0.3, -0.25) is 21.6 Å². The summed E-state index contributed by atoms with van der Waals surface area (Å²) in [5.41, 5.74) is 31.1. The minimum Gasteiger partial charge on any atom is -0.379 e. The number of nitrogens with two attached hydrogens (primary N) is 4. The third-order valence-corrected chi connectivity index (χ3v) is 7.85. The first-order valence-corrected chi connectivity index (χ1v) is 13.3. The van der Waals surface area contributed by atoms with Crippen LogP contribution in [-0.2, 0) is 23.0 Å². The summed E-state index contributed by atoms with van der Waals surface area (Å²) >= 11 is 5.10. The van der Waals surface area contributed by atoms with E-state index < -0.39 is 0 Å². The Labute approximate surface area is 269 Å². The van der Waals surface area contributed by atoms with Gasteiger partial charge in [-0.05, 0) is 44.5 Å². The lowest BCUT2D eigenvalue weighted by Crippen LogP contribution is -2.14. The van der Waals surface area contributed by atoms with Gasteiger partial charge in [-0.25, -0.2) is 0 Å². The number of hydrogen-bond acceptors (Lipinski definition) is 8. The van der Waals surface area contributed by atoms with Crippen molar-refractivity contribution in [3.8, 4) is 22.3 Å². The Morgan fingerprint density at radius 3 is 0.750 bits per heavy atom. The molecule has 3 rings (SSSR count). The van der Waals surface area contributed by atoms with E-state index in [1.165, 1.54) is 47.0 Å². The largest absolute Gasteiger partial charge is 0.379 e. The van der Waals surface area contributed by atoms with Gasteiger partial charge >= 0.3 is 0 Å². The van der Waals surface area contributed by atoms with Crippen molar-refractivity contribution in [2.75, 3.05) is 0 Å². The Hall–Kier alpha value is -0.360. The van der Waals surface area contributed by atoms with Crippen molar-refractivity contribution in [2.45, 2.75) is 23.0 Å². The minimum atomic E-state index is 0. The number of nitrogens with one attached hydrogen (secondary N) is 4. The van der Waals surface area contributed by atoms with Crippen molar-refractivity contribution in [1.29, 1.82) is 21.6 Å². The van der Waals surface area contributed by atoms with Crippen molar-refractivity contribution in [3.63, 3.8) is 0 Å². The number of thioether (sulfide) groups is 4. The first kappa shape index (κ1) is 37.8. The van der Waals surface area contributed by atoms with Gasteiger partial charge in [0.15, 0.2) is 20.7 Å². The quantitative estimate of drug-likeness (QED) is 0.0977. The van der Waals surface area contributed by atoms with Crippen molar-refractivity contribution in [2.24, 2.45) is 22.9 Å². The predicted octanol–water partition coefficient (Wildman–Crippen LogP) is 6.15. The number of rotatable bonds is 8. The molecule has 0 aromatic heterocycles. The van der Waals surface area contributed by atoms with Crippen LogP contribution in [0.3, 0.4) is 0 Å². The zero-order valence-corrected chi connectivity index (χ0v) is 28.8. The highest BCUT2D eigenvalue weighted by Crippen LogP contribution is 2.56. The lowest BCUT2D eigenvalue weighted by molar-refractivity contribution is 1.25. The molecule has 2 aromatic rings. The maximum Gasteiger partial charge on any atom is 0.151 e. The van der Waals surface area contributed by atoms with Crippen LogP contribution in [0.1, 0.15) is 22.3 Å². The van der Waals surface area contributed by atoms with E-state index in [0.717, 1.165) is 44.5 Å². The molecule has 0 unspecified atom stereocenters. The average Bonchev–Trinajstić information content (AvgIpc) is 2.70. The van der Waals surface area contributed by atoms with Gasteiger partial charge in [-0.15, -0.1) is 67.9 Å². The minimum absolute atomic E-state index is 0. The van der Waals surface area contributed by atoms with E-state index in [1.54, 1.807) is 0 Å². The lowest BCUT2D eigenvalue weighted by Gasteiger charge is -2.34. The van der Waals surface area contributed by atoms with E-state index >= 15 is 0 Å². The first-order valence-electron chi connectivity index (χ1n) is 9.36. The number of hydrogen-bond donors (Lipinski definition) is 8. The van der Waals surface area contributed by atoms with Gasteiger partial charge in [0.1, 0.15) is 0 Å². The summed E-state index contributed by atoms with van der Waals surface area (Å²) in [6.07, 6.45) is 0. The molecule has 8 nitrogen and oxygen atoms in total. The second-order valence-electron chi connectivity index (χ2n) is 6.88. The summed E-state index contributed by atoms with van der Waals surface area (Å²) < 4.78 is 0. The normalized spacial score (nSPS) is 10.0. The maximum absolute atomic E-state index is 7.59. The zero-order chi connectivity index (χ0) is 23.4. The second-order valence-corrected chi connectivity index (χ2v) is 10.9. The SMILES string of the molecule is Br.Br.Br.Br.N=C(N)SCc1ccc(CSC(=N)N)c2c1-c1c(CSC(=N)N)ccc(CSC(=N)N)c1-2. The highest BCUT2D eigenvalue weighted by atomic mass is 79.9. The highest BCUT2D eigenvalue weighted by Gasteiger charge is 2.33. The molecule has 0 fully saturated rings. The van der Waals surface area contributed by atoms with Crippen molar-refractivity contribution >= 4 is 136 Å². The molecular formula is C20H28Br4N8S4. The smallest absolute Gasteiger partial charge is 0.151 e. The van der Waals surface area contributed by atoms with Crippen LogP contribution in [0.2, 0.25) is 0 Å². The van der Waals surface area contributed by atoms with E-state index in [-0.39, 0.29) is 88.6 Å². The molecule has 0 radical (unpaired) electrons. The molecule has 0 heterocycles. The highest BCUT2D eigenvalue weighted by molar-refractivity contribution is 8.93. The van der Waals surface area contributed by atoms with E-state index in [4.69, 9.17) is 44.6 Å². The summed E-state index contributed by atoms with van der Waals surface area (Å²) in [7, 11) is 0. The molecule has 0 aliphatic heterocycles. The van der Waals surface area contributed by atoms with Crippen molar-refractivity contribution in [1.82, 2.24) is 0 Å². The third-order valence-electron chi connectivity index (χ3n) is 4.79. The fourth-order valence-corrected chi connectivity index (χ4v) is 5.77. The third kappa shape index (κ3) is 9.43. The van der Waals surface area contributed by atoms with E-state index in [2.05, 4.69) is 0 Å². The molecule has 1 aliphatic carbocycles. The molecule has 36 heavy (non-hydrogen) atoms. The molecule has 1 aliphatic rings. The first-order chi connectivity index (χ1) is 15.2. The summed E-state index contributed by atoms with van der Waals surface area (Å²) in [5, 5.41) is 30.6. The Kier molecular flexibility index (Phi) is 18.1. The molecular weight excluding hydrogens is 800 g/mol. The molecule has 0 saturated heterocycles.